The highest BCUT2D eigenvalue weighted by molar-refractivity contribution is 8.01. The van der Waals surface area contributed by atoms with Gasteiger partial charge in [0.1, 0.15) is 5.60 Å². The van der Waals surface area contributed by atoms with Crippen LogP contribution < -0.4 is 5.32 Å². The maximum Gasteiger partial charge on any atom is 0.327 e. The van der Waals surface area contributed by atoms with E-state index in [9.17, 15) is 19.5 Å². The van der Waals surface area contributed by atoms with Crippen molar-refractivity contribution in [2.24, 2.45) is 5.92 Å². The van der Waals surface area contributed by atoms with Crippen LogP contribution in [-0.4, -0.2) is 38.6 Å². The molecule has 196 valence electrons. The second kappa shape index (κ2) is 11.0. The van der Waals surface area contributed by atoms with Gasteiger partial charge in [-0.15, -0.1) is 23.1 Å². The van der Waals surface area contributed by atoms with Crippen molar-refractivity contribution in [3.05, 3.63) is 39.9 Å². The lowest BCUT2D eigenvalue weighted by Gasteiger charge is -2.41. The largest absolute Gasteiger partial charge is 0.457 e. The molecule has 7 nitrogen and oxygen atoms in total. The Balaban J connectivity index is 1.80. The Bertz CT molecular complexity index is 1130. The maximum absolute atomic E-state index is 13.4. The van der Waals surface area contributed by atoms with Crippen molar-refractivity contribution in [3.8, 4) is 0 Å². The number of carbonyl (C=O) groups is 3. The first-order valence-electron chi connectivity index (χ1n) is 12.1. The molecule has 1 aliphatic heterocycles. The molecule has 1 aromatic carbocycles. The first-order valence-corrected chi connectivity index (χ1v) is 13.9. The van der Waals surface area contributed by atoms with Gasteiger partial charge in [-0.3, -0.25) is 14.4 Å². The first-order chi connectivity index (χ1) is 16.8. The van der Waals surface area contributed by atoms with E-state index in [1.165, 1.54) is 30.0 Å². The minimum atomic E-state index is -0.928. The van der Waals surface area contributed by atoms with E-state index in [4.69, 9.17) is 4.74 Å². The van der Waals surface area contributed by atoms with E-state index in [-0.39, 0.29) is 36.1 Å². The molecule has 1 aromatic heterocycles. The number of ketones is 1. The zero-order chi connectivity index (χ0) is 26.8. The van der Waals surface area contributed by atoms with E-state index >= 15 is 0 Å². The summed E-state index contributed by atoms with van der Waals surface area (Å²) in [5, 5.41) is 13.9. The lowest BCUT2D eigenvalue weighted by atomic mass is 9.79. The number of aromatic nitrogens is 1. The summed E-state index contributed by atoms with van der Waals surface area (Å²) in [5.41, 5.74) is 2.41. The van der Waals surface area contributed by atoms with Gasteiger partial charge in [0.25, 0.3) is 0 Å². The Morgan fingerprint density at radius 3 is 2.58 bits per heavy atom. The SMILES string of the molecule is CC(=O)Nc1nc(CCC2(C(C)C)CC(=O)C(Sc3cc(C)c(CO)cc3C(C)(C)C)C(=O)O2)cs1. The summed E-state index contributed by atoms with van der Waals surface area (Å²) in [5.74, 6) is -0.876. The van der Waals surface area contributed by atoms with E-state index in [0.29, 0.717) is 18.0 Å². The van der Waals surface area contributed by atoms with Crippen LogP contribution in [-0.2, 0) is 37.6 Å². The number of aryl methyl sites for hydroxylation is 2. The van der Waals surface area contributed by atoms with Gasteiger partial charge in [0, 0.05) is 23.6 Å². The number of cyclic esters (lactones) is 1. The van der Waals surface area contributed by atoms with Crippen molar-refractivity contribution in [2.75, 3.05) is 5.32 Å². The number of carbonyl (C=O) groups excluding carboxylic acids is 3. The molecule has 0 spiro atoms. The normalized spacial score (nSPS) is 20.5. The lowest BCUT2D eigenvalue weighted by molar-refractivity contribution is -0.176. The zero-order valence-electron chi connectivity index (χ0n) is 22.1. The lowest BCUT2D eigenvalue weighted by Crippen LogP contribution is -2.52. The number of hydrogen-bond donors (Lipinski definition) is 2. The number of hydrogen-bond acceptors (Lipinski definition) is 8. The minimum absolute atomic E-state index is 0.0546. The molecule has 1 aliphatic rings. The van der Waals surface area contributed by atoms with Gasteiger partial charge in [-0.1, -0.05) is 40.7 Å². The van der Waals surface area contributed by atoms with Crippen LogP contribution >= 0.6 is 23.1 Å². The van der Waals surface area contributed by atoms with Crippen molar-refractivity contribution in [2.45, 2.75) is 95.5 Å². The molecule has 3 rings (SSSR count). The number of benzene rings is 1. The monoisotopic (exact) mass is 532 g/mol. The summed E-state index contributed by atoms with van der Waals surface area (Å²) in [7, 11) is 0. The van der Waals surface area contributed by atoms with Gasteiger partial charge in [0.2, 0.25) is 5.91 Å². The number of thioether (sulfide) groups is 1. The van der Waals surface area contributed by atoms with Gasteiger partial charge >= 0.3 is 5.97 Å². The molecule has 36 heavy (non-hydrogen) atoms. The Kier molecular flexibility index (Phi) is 8.68. The Hall–Kier alpha value is -2.23. The second-order valence-electron chi connectivity index (χ2n) is 10.8. The van der Waals surface area contributed by atoms with Gasteiger partial charge in [-0.25, -0.2) is 4.98 Å². The Labute approximate surface area is 221 Å². The molecule has 1 amide bonds. The predicted octanol–water partition coefficient (Wildman–Crippen LogP) is 5.20. The third kappa shape index (κ3) is 6.36. The van der Waals surface area contributed by atoms with E-state index in [0.717, 1.165) is 27.3 Å². The van der Waals surface area contributed by atoms with Crippen LogP contribution in [0, 0.1) is 12.8 Å². The number of ether oxygens (including phenoxy) is 1. The predicted molar refractivity (Wildman–Crippen MR) is 143 cm³/mol. The molecule has 1 saturated heterocycles. The fraction of sp³-hybridized carbons (Fsp3) is 0.556. The zero-order valence-corrected chi connectivity index (χ0v) is 23.7. The third-order valence-corrected chi connectivity index (χ3v) is 8.73. The molecule has 2 atom stereocenters. The van der Waals surface area contributed by atoms with Crippen LogP contribution in [0.5, 0.6) is 0 Å². The van der Waals surface area contributed by atoms with Crippen LogP contribution in [0.1, 0.15) is 76.8 Å². The number of nitrogens with zero attached hydrogens (tertiary/aromatic N) is 1. The second-order valence-corrected chi connectivity index (χ2v) is 12.8. The van der Waals surface area contributed by atoms with Crippen molar-refractivity contribution in [1.29, 1.82) is 0 Å². The number of anilines is 1. The Morgan fingerprint density at radius 2 is 2.03 bits per heavy atom. The highest BCUT2D eigenvalue weighted by atomic mass is 32.2. The fourth-order valence-electron chi connectivity index (χ4n) is 4.35. The topological polar surface area (TPSA) is 106 Å². The van der Waals surface area contributed by atoms with Gasteiger partial charge in [-0.2, -0.15) is 0 Å². The number of Topliss-reactive ketones (excluding diaryl/α,β-unsaturated/α-hetero) is 1. The summed E-state index contributed by atoms with van der Waals surface area (Å²) in [4.78, 5) is 43.2. The van der Waals surface area contributed by atoms with Gasteiger partial charge in [0.15, 0.2) is 16.2 Å². The average molecular weight is 533 g/mol. The Morgan fingerprint density at radius 1 is 1.33 bits per heavy atom. The van der Waals surface area contributed by atoms with Crippen molar-refractivity contribution in [1.82, 2.24) is 4.98 Å². The number of thiazole rings is 1. The van der Waals surface area contributed by atoms with E-state index in [1.54, 1.807) is 0 Å². The summed E-state index contributed by atoms with van der Waals surface area (Å²) in [6.07, 6.45) is 1.15. The fourth-order valence-corrected chi connectivity index (χ4v) is 6.49. The van der Waals surface area contributed by atoms with Crippen LogP contribution in [0.3, 0.4) is 0 Å². The average Bonchev–Trinajstić information content (AvgIpc) is 3.20. The highest BCUT2D eigenvalue weighted by Gasteiger charge is 2.49. The van der Waals surface area contributed by atoms with Gasteiger partial charge < -0.3 is 15.2 Å². The van der Waals surface area contributed by atoms with Crippen LogP contribution in [0.15, 0.2) is 22.4 Å². The molecule has 1 fully saturated rings. The molecule has 0 bridgehead atoms. The molecule has 0 radical (unpaired) electrons. The summed E-state index contributed by atoms with van der Waals surface area (Å²) >= 11 is 2.59. The smallest absolute Gasteiger partial charge is 0.327 e. The molecule has 2 heterocycles. The third-order valence-electron chi connectivity index (χ3n) is 6.64. The minimum Gasteiger partial charge on any atom is -0.457 e. The van der Waals surface area contributed by atoms with Crippen molar-refractivity contribution in [3.63, 3.8) is 0 Å². The first kappa shape index (κ1) is 28.3. The molecule has 9 heteroatoms. The van der Waals surface area contributed by atoms with E-state index in [2.05, 4.69) is 31.1 Å². The van der Waals surface area contributed by atoms with Crippen LogP contribution in [0.25, 0.3) is 0 Å². The number of nitrogens with one attached hydrogen (secondary N) is 1. The van der Waals surface area contributed by atoms with Gasteiger partial charge in [0.05, 0.1) is 12.3 Å². The molecular weight excluding hydrogens is 496 g/mol. The van der Waals surface area contributed by atoms with Crippen LogP contribution in [0.4, 0.5) is 5.13 Å². The number of aliphatic hydroxyl groups is 1. The number of aliphatic hydroxyl groups excluding tert-OH is 1. The molecule has 0 aliphatic carbocycles. The molecule has 2 aromatic rings. The van der Waals surface area contributed by atoms with Crippen LogP contribution in [0.2, 0.25) is 0 Å². The molecule has 0 saturated carbocycles. The van der Waals surface area contributed by atoms with E-state index < -0.39 is 16.8 Å². The van der Waals surface area contributed by atoms with E-state index in [1.807, 2.05) is 38.3 Å². The summed E-state index contributed by atoms with van der Waals surface area (Å²) in [6, 6.07) is 3.92. The molecule has 2 unspecified atom stereocenters. The van der Waals surface area contributed by atoms with Crippen molar-refractivity contribution >= 4 is 45.9 Å². The number of rotatable bonds is 8. The van der Waals surface area contributed by atoms with Gasteiger partial charge in [-0.05, 0) is 53.9 Å². The highest BCUT2D eigenvalue weighted by Crippen LogP contribution is 2.42. The summed E-state index contributed by atoms with van der Waals surface area (Å²) in [6.45, 7) is 13.4. The summed E-state index contributed by atoms with van der Waals surface area (Å²) < 4.78 is 6.07. The number of esters is 1. The standard InChI is InChI=1S/C27H36N2O5S2/c1-15(2)27(9-8-19-14-35-25(29-19)28-17(4)31)12-21(32)23(24(33)34-27)36-22-10-16(3)18(13-30)11-20(22)26(5,6)7/h10-11,14-15,23,30H,8-9,12-13H2,1-7H3,(H,28,29,31). The van der Waals surface area contributed by atoms with Crippen molar-refractivity contribution < 1.29 is 24.2 Å². The molecular formula is C27H36N2O5S2. The number of amides is 1. The quantitative estimate of drug-likeness (QED) is 0.355. The molecule has 2 N–H and O–H groups in total. The maximum atomic E-state index is 13.4.